The highest BCUT2D eigenvalue weighted by atomic mass is 16.5. The summed E-state index contributed by atoms with van der Waals surface area (Å²) in [5, 5.41) is 0. The van der Waals surface area contributed by atoms with E-state index < -0.39 is 0 Å². The number of hydrogen-bond acceptors (Lipinski definition) is 1. The van der Waals surface area contributed by atoms with Gasteiger partial charge in [0.05, 0.1) is 6.61 Å². The van der Waals surface area contributed by atoms with E-state index in [2.05, 4.69) is 36.9 Å². The fourth-order valence-corrected chi connectivity index (χ4v) is 3.44. The first-order chi connectivity index (χ1) is 10.3. The van der Waals surface area contributed by atoms with Crippen molar-refractivity contribution in [3.8, 4) is 0 Å². The molecule has 0 aromatic heterocycles. The number of unbranched alkanes of at least 4 members (excludes halogenated alkanes) is 1. The van der Waals surface area contributed by atoms with Crippen molar-refractivity contribution in [1.29, 1.82) is 0 Å². The average molecular weight is 286 g/mol. The lowest BCUT2D eigenvalue weighted by atomic mass is 9.77. The first-order valence-electron chi connectivity index (χ1n) is 8.61. The Bertz CT molecular complexity index is 398. The fourth-order valence-electron chi connectivity index (χ4n) is 3.44. The van der Waals surface area contributed by atoms with E-state index in [9.17, 15) is 0 Å². The molecular weight excluding hydrogens is 256 g/mol. The highest BCUT2D eigenvalue weighted by Gasteiger charge is 2.21. The molecule has 0 amide bonds. The molecule has 0 radical (unpaired) electrons. The normalized spacial score (nSPS) is 22.1. The molecule has 0 spiro atoms. The van der Waals surface area contributed by atoms with Crippen molar-refractivity contribution in [3.63, 3.8) is 0 Å². The summed E-state index contributed by atoms with van der Waals surface area (Å²) < 4.78 is 5.46. The SMILES string of the molecule is C=CCCC[C@H]1CC[C@H](c2ccc(COCC)cc2)CC1. The summed E-state index contributed by atoms with van der Waals surface area (Å²) in [6.45, 7) is 7.39. The minimum absolute atomic E-state index is 0.743. The van der Waals surface area contributed by atoms with Crippen LogP contribution < -0.4 is 0 Å². The number of allylic oxidation sites excluding steroid dienone is 1. The summed E-state index contributed by atoms with van der Waals surface area (Å²) >= 11 is 0. The van der Waals surface area contributed by atoms with Gasteiger partial charge in [-0.3, -0.25) is 0 Å². The van der Waals surface area contributed by atoms with Crippen LogP contribution in [-0.4, -0.2) is 6.61 Å². The first kappa shape index (κ1) is 16.3. The summed E-state index contributed by atoms with van der Waals surface area (Å²) in [6.07, 6.45) is 11.5. The molecule has 1 heteroatoms. The van der Waals surface area contributed by atoms with Gasteiger partial charge in [0, 0.05) is 6.61 Å². The van der Waals surface area contributed by atoms with Crippen molar-refractivity contribution < 1.29 is 4.74 Å². The van der Waals surface area contributed by atoms with Crippen LogP contribution in [0.4, 0.5) is 0 Å². The van der Waals surface area contributed by atoms with Gasteiger partial charge in [-0.2, -0.15) is 0 Å². The summed E-state index contributed by atoms with van der Waals surface area (Å²) in [5.41, 5.74) is 2.82. The molecule has 2 rings (SSSR count). The molecule has 0 bridgehead atoms. The van der Waals surface area contributed by atoms with Crippen molar-refractivity contribution in [2.75, 3.05) is 6.61 Å². The molecule has 1 aliphatic carbocycles. The summed E-state index contributed by atoms with van der Waals surface area (Å²) in [7, 11) is 0. The van der Waals surface area contributed by atoms with Crippen LogP contribution in [0.2, 0.25) is 0 Å². The van der Waals surface area contributed by atoms with E-state index in [1.54, 1.807) is 0 Å². The zero-order chi connectivity index (χ0) is 14.9. The monoisotopic (exact) mass is 286 g/mol. The zero-order valence-electron chi connectivity index (χ0n) is 13.5. The first-order valence-corrected chi connectivity index (χ1v) is 8.61. The van der Waals surface area contributed by atoms with E-state index in [-0.39, 0.29) is 0 Å². The predicted molar refractivity (Wildman–Crippen MR) is 90.5 cm³/mol. The predicted octanol–water partition coefficient (Wildman–Crippen LogP) is 5.85. The molecule has 0 atom stereocenters. The smallest absolute Gasteiger partial charge is 0.0716 e. The minimum atomic E-state index is 0.743. The van der Waals surface area contributed by atoms with E-state index in [0.29, 0.717) is 0 Å². The van der Waals surface area contributed by atoms with Gasteiger partial charge >= 0.3 is 0 Å². The molecule has 0 heterocycles. The van der Waals surface area contributed by atoms with E-state index in [0.717, 1.165) is 25.0 Å². The van der Waals surface area contributed by atoms with Crippen LogP contribution in [0.3, 0.4) is 0 Å². The molecule has 1 aliphatic rings. The Labute approximate surface area is 130 Å². The Morgan fingerprint density at radius 2 is 1.86 bits per heavy atom. The fraction of sp³-hybridized carbons (Fsp3) is 0.600. The Balaban J connectivity index is 1.77. The molecule has 0 saturated heterocycles. The largest absolute Gasteiger partial charge is 0.377 e. The minimum Gasteiger partial charge on any atom is -0.377 e. The van der Waals surface area contributed by atoms with Crippen LogP contribution in [0.15, 0.2) is 36.9 Å². The standard InChI is InChI=1S/C20H30O/c1-3-5-6-7-17-8-12-19(13-9-17)20-14-10-18(11-15-20)16-21-4-2/h3,10-11,14-15,17,19H,1,4-9,12-13,16H2,2H3/t17-,19-. The van der Waals surface area contributed by atoms with Crippen molar-refractivity contribution in [1.82, 2.24) is 0 Å². The van der Waals surface area contributed by atoms with Crippen molar-refractivity contribution in [3.05, 3.63) is 48.0 Å². The molecule has 1 saturated carbocycles. The third kappa shape index (κ3) is 5.32. The molecule has 1 aromatic rings. The topological polar surface area (TPSA) is 9.23 Å². The van der Waals surface area contributed by atoms with Crippen molar-refractivity contribution in [2.45, 2.75) is 64.4 Å². The van der Waals surface area contributed by atoms with Crippen molar-refractivity contribution >= 4 is 0 Å². The molecule has 1 aromatic carbocycles. The Morgan fingerprint density at radius 1 is 1.14 bits per heavy atom. The summed E-state index contributed by atoms with van der Waals surface area (Å²) in [4.78, 5) is 0. The summed E-state index contributed by atoms with van der Waals surface area (Å²) in [5.74, 6) is 1.74. The molecule has 0 aliphatic heterocycles. The van der Waals surface area contributed by atoms with Gasteiger partial charge in [0.25, 0.3) is 0 Å². The van der Waals surface area contributed by atoms with Crippen LogP contribution in [0.25, 0.3) is 0 Å². The Morgan fingerprint density at radius 3 is 2.48 bits per heavy atom. The maximum absolute atomic E-state index is 5.46. The van der Waals surface area contributed by atoms with Crippen LogP contribution in [0.1, 0.15) is 68.9 Å². The second-order valence-corrected chi connectivity index (χ2v) is 6.32. The van der Waals surface area contributed by atoms with Gasteiger partial charge in [0.1, 0.15) is 0 Å². The lowest BCUT2D eigenvalue weighted by molar-refractivity contribution is 0.134. The quantitative estimate of drug-likeness (QED) is 0.430. The molecule has 1 nitrogen and oxygen atoms in total. The van der Waals surface area contributed by atoms with Crippen LogP contribution in [0.5, 0.6) is 0 Å². The third-order valence-electron chi connectivity index (χ3n) is 4.79. The Hall–Kier alpha value is -1.08. The molecule has 21 heavy (non-hydrogen) atoms. The van der Waals surface area contributed by atoms with Gasteiger partial charge in [0.15, 0.2) is 0 Å². The number of ether oxygens (including phenoxy) is 1. The van der Waals surface area contributed by atoms with Gasteiger partial charge in [-0.05, 0) is 68.4 Å². The lowest BCUT2D eigenvalue weighted by Gasteiger charge is -2.29. The van der Waals surface area contributed by atoms with Crippen molar-refractivity contribution in [2.24, 2.45) is 5.92 Å². The van der Waals surface area contributed by atoms with Crippen LogP contribution in [0, 0.1) is 5.92 Å². The molecule has 0 N–H and O–H groups in total. The number of benzene rings is 1. The van der Waals surface area contributed by atoms with Gasteiger partial charge in [-0.1, -0.05) is 36.8 Å². The molecule has 116 valence electrons. The maximum atomic E-state index is 5.46. The summed E-state index contributed by atoms with van der Waals surface area (Å²) in [6, 6.07) is 9.11. The highest BCUT2D eigenvalue weighted by molar-refractivity contribution is 5.25. The zero-order valence-corrected chi connectivity index (χ0v) is 13.5. The maximum Gasteiger partial charge on any atom is 0.0716 e. The van der Waals surface area contributed by atoms with Gasteiger partial charge in [-0.15, -0.1) is 6.58 Å². The third-order valence-corrected chi connectivity index (χ3v) is 4.79. The molecular formula is C20H30O. The van der Waals surface area contributed by atoms with Gasteiger partial charge in [-0.25, -0.2) is 0 Å². The average Bonchev–Trinajstić information content (AvgIpc) is 2.54. The van der Waals surface area contributed by atoms with Gasteiger partial charge in [0.2, 0.25) is 0 Å². The number of hydrogen-bond donors (Lipinski definition) is 0. The van der Waals surface area contributed by atoms with Crippen LogP contribution in [-0.2, 0) is 11.3 Å². The van der Waals surface area contributed by atoms with E-state index >= 15 is 0 Å². The second kappa shape index (κ2) is 9.04. The van der Waals surface area contributed by atoms with E-state index in [1.807, 2.05) is 6.92 Å². The van der Waals surface area contributed by atoms with Crippen LogP contribution >= 0.6 is 0 Å². The van der Waals surface area contributed by atoms with E-state index in [4.69, 9.17) is 4.74 Å². The van der Waals surface area contributed by atoms with Gasteiger partial charge < -0.3 is 4.74 Å². The molecule has 1 fully saturated rings. The lowest BCUT2D eigenvalue weighted by Crippen LogP contribution is -2.13. The molecule has 0 unspecified atom stereocenters. The number of rotatable bonds is 8. The van der Waals surface area contributed by atoms with E-state index in [1.165, 1.54) is 56.1 Å². The highest BCUT2D eigenvalue weighted by Crippen LogP contribution is 2.37. The Kier molecular flexibility index (Phi) is 7.02. The second-order valence-electron chi connectivity index (χ2n) is 6.32.